The van der Waals surface area contributed by atoms with Crippen LogP contribution in [-0.2, 0) is 74.5 Å². The van der Waals surface area contributed by atoms with Gasteiger partial charge in [0.2, 0.25) is 23.6 Å². The third kappa shape index (κ3) is 22.8. The van der Waals surface area contributed by atoms with Crippen molar-refractivity contribution < 1.29 is 76.5 Å². The van der Waals surface area contributed by atoms with Gasteiger partial charge in [0.15, 0.2) is 0 Å². The molecular formula is C51H78N7O16P. The molecule has 2 aliphatic heterocycles. The smallest absolute Gasteiger partial charge is 0.316 e. The van der Waals surface area contributed by atoms with Crippen molar-refractivity contribution in [1.82, 2.24) is 30.5 Å². The Morgan fingerprint density at radius 3 is 1.88 bits per heavy atom. The molecule has 0 aliphatic carbocycles. The quantitative estimate of drug-likeness (QED) is 0.0404. The minimum Gasteiger partial charge on any atom is -0.394 e. The summed E-state index contributed by atoms with van der Waals surface area (Å²) in [4.78, 5) is 63.1. The summed E-state index contributed by atoms with van der Waals surface area (Å²) >= 11 is 0. The topological polar surface area (TPSA) is 281 Å². The molecule has 24 heteroatoms. The fraction of sp³-hybridized carbons (Fsp3) is 0.647. The first-order chi connectivity index (χ1) is 36.7. The number of anilines is 1. The molecule has 1 unspecified atom stereocenters. The molecule has 75 heavy (non-hydrogen) atoms. The van der Waals surface area contributed by atoms with E-state index in [4.69, 9.17) is 38.1 Å². The fourth-order valence-electron chi connectivity index (χ4n) is 8.46. The van der Waals surface area contributed by atoms with Crippen molar-refractivity contribution in [2.24, 2.45) is 0 Å². The summed E-state index contributed by atoms with van der Waals surface area (Å²) in [5, 5.41) is 34.1. The van der Waals surface area contributed by atoms with Crippen molar-refractivity contribution in [3.8, 4) is 22.5 Å². The Morgan fingerprint density at radius 2 is 1.19 bits per heavy atom. The summed E-state index contributed by atoms with van der Waals surface area (Å²) < 4.78 is 55.7. The van der Waals surface area contributed by atoms with E-state index in [1.165, 1.54) is 0 Å². The van der Waals surface area contributed by atoms with Crippen LogP contribution in [0.4, 0.5) is 5.69 Å². The largest absolute Gasteiger partial charge is 0.394 e. The van der Waals surface area contributed by atoms with Gasteiger partial charge in [-0.05, 0) is 43.7 Å². The highest BCUT2D eigenvalue weighted by molar-refractivity contribution is 7.32. The molecule has 1 saturated heterocycles. The number of likely N-dealkylation sites (tertiary alicyclic amines) is 1. The van der Waals surface area contributed by atoms with Gasteiger partial charge >= 0.3 is 8.25 Å². The number of benzene rings is 2. The van der Waals surface area contributed by atoms with Crippen molar-refractivity contribution in [3.05, 3.63) is 54.1 Å². The SMILES string of the molecule is O=C(CCCCC(=O)N1Cc2ccccc2-c2nnn(CCOCCOCCOCCOCCC(=O)NCCCCCC(=O)N3C[C@H](O)C[C@H]3CO)c2-c2ccccc21)NCCOCCOCCOCCO[PH](=O)O. The lowest BCUT2D eigenvalue weighted by atomic mass is 9.95. The molecule has 2 aromatic carbocycles. The maximum atomic E-state index is 14.0. The Balaban J connectivity index is 0.905. The van der Waals surface area contributed by atoms with E-state index >= 15 is 0 Å². The summed E-state index contributed by atoms with van der Waals surface area (Å²) in [6.45, 7) is 6.61. The first-order valence-electron chi connectivity index (χ1n) is 26.1. The molecule has 1 fully saturated rings. The number of unbranched alkanes of at least 4 members (excludes halogenated alkanes) is 3. The van der Waals surface area contributed by atoms with Crippen LogP contribution in [0.1, 0.15) is 69.8 Å². The summed E-state index contributed by atoms with van der Waals surface area (Å²) in [5.41, 5.74) is 4.93. The van der Waals surface area contributed by atoms with Crippen LogP contribution < -0.4 is 15.5 Å². The summed E-state index contributed by atoms with van der Waals surface area (Å²) in [7, 11) is -2.94. The van der Waals surface area contributed by atoms with Crippen LogP contribution in [0.2, 0.25) is 0 Å². The number of nitrogens with one attached hydrogen (secondary N) is 2. The van der Waals surface area contributed by atoms with Crippen LogP contribution in [0.3, 0.4) is 0 Å². The molecule has 1 aromatic heterocycles. The summed E-state index contributed by atoms with van der Waals surface area (Å²) in [5.74, 6) is -0.314. The maximum Gasteiger partial charge on any atom is 0.316 e. The van der Waals surface area contributed by atoms with Gasteiger partial charge in [-0.1, -0.05) is 54.1 Å². The number of para-hydroxylation sites is 1. The van der Waals surface area contributed by atoms with Crippen LogP contribution in [-0.4, -0.2) is 196 Å². The third-order valence-electron chi connectivity index (χ3n) is 12.2. The van der Waals surface area contributed by atoms with Crippen molar-refractivity contribution >= 4 is 37.6 Å². The number of carbonyl (C=O) groups is 4. The third-order valence-corrected chi connectivity index (χ3v) is 12.7. The van der Waals surface area contributed by atoms with Crippen molar-refractivity contribution in [1.29, 1.82) is 0 Å². The number of ether oxygens (including phenoxy) is 7. The number of fused-ring (bicyclic) bond motifs is 5. The highest BCUT2D eigenvalue weighted by Crippen LogP contribution is 2.41. The predicted molar refractivity (Wildman–Crippen MR) is 276 cm³/mol. The number of carbonyl (C=O) groups excluding carboxylic acids is 4. The number of aliphatic hydroxyl groups is 2. The predicted octanol–water partition coefficient (Wildman–Crippen LogP) is 2.67. The van der Waals surface area contributed by atoms with Gasteiger partial charge in [0.1, 0.15) is 5.69 Å². The molecule has 3 aromatic rings. The van der Waals surface area contributed by atoms with Gasteiger partial charge in [-0.3, -0.25) is 23.7 Å². The monoisotopic (exact) mass is 1080 g/mol. The lowest BCUT2D eigenvalue weighted by molar-refractivity contribution is -0.133. The van der Waals surface area contributed by atoms with E-state index < -0.39 is 14.4 Å². The molecule has 5 N–H and O–H groups in total. The maximum absolute atomic E-state index is 14.0. The first-order valence-corrected chi connectivity index (χ1v) is 27.4. The molecule has 5 rings (SSSR count). The molecule has 0 spiro atoms. The van der Waals surface area contributed by atoms with Gasteiger partial charge in [-0.2, -0.15) is 0 Å². The average Bonchev–Trinajstić information content (AvgIpc) is 4.02. The van der Waals surface area contributed by atoms with Crippen molar-refractivity contribution in [2.45, 2.75) is 89.4 Å². The second-order valence-corrected chi connectivity index (χ2v) is 18.6. The van der Waals surface area contributed by atoms with E-state index in [1.54, 1.807) is 4.90 Å². The molecule has 0 bridgehead atoms. The number of nitrogens with zero attached hydrogens (tertiary/aromatic N) is 5. The summed E-state index contributed by atoms with van der Waals surface area (Å²) in [6.07, 6.45) is 4.29. The second kappa shape index (κ2) is 36.3. The standard InChI is InChI=1S/C51H78N7O16P/c59-39-41-36-42(60)38-56(41)48(63)15-2-1-9-18-52-47(62)17-21-67-24-27-70-30-31-72-29-26-69-23-20-58-51-44-12-5-6-13-45(44)57(37-40-10-3-4-11-43(40)50(51)54-55-58)49(64)16-8-7-14-46(61)53-19-22-68-25-28-71-32-33-73-34-35-74-75(65)66/h3-6,10-13,41-42,59-60,75H,1-2,7-9,14-39H2,(H,52,62)(H,53,61)(H,65,66)/t41-,42+/m0/s1. The zero-order chi connectivity index (χ0) is 53.3. The minimum absolute atomic E-state index is 0.0471. The normalized spacial score (nSPS) is 15.5. The minimum atomic E-state index is -2.94. The van der Waals surface area contributed by atoms with E-state index in [-0.39, 0.29) is 81.9 Å². The second-order valence-electron chi connectivity index (χ2n) is 17.8. The zero-order valence-electron chi connectivity index (χ0n) is 43.1. The lowest BCUT2D eigenvalue weighted by Crippen LogP contribution is -2.37. The van der Waals surface area contributed by atoms with E-state index in [2.05, 4.69) is 25.5 Å². The number of hydrogen-bond acceptors (Lipinski definition) is 17. The highest BCUT2D eigenvalue weighted by Gasteiger charge is 2.33. The molecule has 2 aliphatic rings. The number of rotatable bonds is 40. The van der Waals surface area contributed by atoms with Gasteiger partial charge < -0.3 is 73.2 Å². The van der Waals surface area contributed by atoms with Crippen LogP contribution >= 0.6 is 8.25 Å². The Bertz CT molecular complexity index is 2170. The molecular weight excluding hydrogens is 998 g/mol. The van der Waals surface area contributed by atoms with Gasteiger partial charge in [0, 0.05) is 56.4 Å². The fourth-order valence-corrected chi connectivity index (χ4v) is 8.72. The van der Waals surface area contributed by atoms with Crippen LogP contribution in [0, 0.1) is 0 Å². The zero-order valence-corrected chi connectivity index (χ0v) is 44.1. The Kier molecular flexibility index (Phi) is 29.6. The number of hydrogen-bond donors (Lipinski definition) is 5. The van der Waals surface area contributed by atoms with Crippen LogP contribution in [0.25, 0.3) is 22.5 Å². The van der Waals surface area contributed by atoms with Crippen LogP contribution in [0.5, 0.6) is 0 Å². The number of aliphatic hydroxyl groups excluding tert-OH is 2. The van der Waals surface area contributed by atoms with E-state index in [0.717, 1.165) is 46.6 Å². The first kappa shape index (κ1) is 61.1. The summed E-state index contributed by atoms with van der Waals surface area (Å²) in [6, 6.07) is 15.4. The van der Waals surface area contributed by atoms with Gasteiger partial charge in [0.25, 0.3) is 0 Å². The van der Waals surface area contributed by atoms with E-state index in [9.17, 15) is 34.0 Å². The van der Waals surface area contributed by atoms with Crippen molar-refractivity contribution in [3.63, 3.8) is 0 Å². The molecule has 3 atom stereocenters. The molecule has 23 nitrogen and oxygen atoms in total. The van der Waals surface area contributed by atoms with Gasteiger partial charge in [-0.15, -0.1) is 5.10 Å². The Morgan fingerprint density at radius 1 is 0.627 bits per heavy atom. The number of aromatic nitrogens is 3. The molecule has 0 saturated carbocycles. The van der Waals surface area contributed by atoms with Crippen LogP contribution in [0.15, 0.2) is 48.5 Å². The Labute approximate surface area is 439 Å². The molecule has 3 heterocycles. The molecule has 4 amide bonds. The van der Waals surface area contributed by atoms with E-state index in [0.29, 0.717) is 138 Å². The highest BCUT2D eigenvalue weighted by atomic mass is 31.1. The average molecular weight is 1080 g/mol. The van der Waals surface area contributed by atoms with Crippen molar-refractivity contribution in [2.75, 3.05) is 130 Å². The van der Waals surface area contributed by atoms with E-state index in [1.807, 2.05) is 58.1 Å². The lowest BCUT2D eigenvalue weighted by Gasteiger charge is -2.29. The Hall–Kier alpha value is -4.75. The number of amides is 4. The molecule has 0 radical (unpaired) electrons. The van der Waals surface area contributed by atoms with Gasteiger partial charge in [0.05, 0.1) is 142 Å². The molecule has 418 valence electrons. The number of β-amino-alcohol motifs (C(OH)–C–C–N with tert-alkyl or cyclic N) is 1. The van der Waals surface area contributed by atoms with Gasteiger partial charge in [-0.25, -0.2) is 4.68 Å².